The van der Waals surface area contributed by atoms with Gasteiger partial charge in [0.05, 0.1) is 26.3 Å². The highest BCUT2D eigenvalue weighted by Crippen LogP contribution is 2.29. The van der Waals surface area contributed by atoms with E-state index in [1.807, 2.05) is 61.5 Å². The summed E-state index contributed by atoms with van der Waals surface area (Å²) in [5.74, 6) is 0.753. The van der Waals surface area contributed by atoms with Crippen LogP contribution in [0.3, 0.4) is 0 Å². The number of benzene rings is 3. The van der Waals surface area contributed by atoms with Crippen LogP contribution in [-0.4, -0.2) is 25.1 Å². The van der Waals surface area contributed by atoms with Crippen molar-refractivity contribution >= 4 is 22.5 Å². The van der Waals surface area contributed by atoms with Gasteiger partial charge in [0.2, 0.25) is 0 Å². The maximum Gasteiger partial charge on any atom is 0.258 e. The average molecular weight is 428 g/mol. The summed E-state index contributed by atoms with van der Waals surface area (Å²) in [6, 6.07) is 22.0. The van der Waals surface area contributed by atoms with Crippen LogP contribution < -0.4 is 19.9 Å². The molecular weight excluding hydrogens is 404 g/mol. The predicted molar refractivity (Wildman–Crippen MR) is 126 cm³/mol. The molecule has 3 aromatic carbocycles. The van der Waals surface area contributed by atoms with Crippen LogP contribution >= 0.6 is 0 Å². The molecule has 0 aliphatic rings. The van der Waals surface area contributed by atoms with Crippen molar-refractivity contribution in [3.8, 4) is 11.5 Å². The van der Waals surface area contributed by atoms with E-state index >= 15 is 0 Å². The second kappa shape index (κ2) is 8.98. The normalized spacial score (nSPS) is 10.7. The van der Waals surface area contributed by atoms with Crippen LogP contribution in [0.5, 0.6) is 11.5 Å². The van der Waals surface area contributed by atoms with Gasteiger partial charge in [0.1, 0.15) is 0 Å². The number of nitrogens with one attached hydrogen (secondary N) is 1. The first-order valence-corrected chi connectivity index (χ1v) is 10.2. The second-order valence-electron chi connectivity index (χ2n) is 7.46. The molecule has 1 N–H and O–H groups in total. The first kappa shape index (κ1) is 21.2. The van der Waals surface area contributed by atoms with Gasteiger partial charge in [-0.3, -0.25) is 9.59 Å². The Kier molecular flexibility index (Phi) is 5.94. The van der Waals surface area contributed by atoms with Crippen LogP contribution in [0.4, 0.5) is 5.69 Å². The molecule has 1 aromatic heterocycles. The second-order valence-corrected chi connectivity index (χ2v) is 7.46. The zero-order chi connectivity index (χ0) is 22.7. The molecule has 32 heavy (non-hydrogen) atoms. The molecule has 0 unspecified atom stereocenters. The Morgan fingerprint density at radius 2 is 1.66 bits per heavy atom. The first-order valence-electron chi connectivity index (χ1n) is 10.2. The van der Waals surface area contributed by atoms with Gasteiger partial charge in [-0.05, 0) is 54.3 Å². The molecule has 0 aliphatic carbocycles. The van der Waals surface area contributed by atoms with E-state index in [2.05, 4.69) is 4.98 Å². The van der Waals surface area contributed by atoms with Crippen molar-refractivity contribution in [3.63, 3.8) is 0 Å². The van der Waals surface area contributed by atoms with Gasteiger partial charge in [0.15, 0.2) is 11.5 Å². The summed E-state index contributed by atoms with van der Waals surface area (Å²) in [4.78, 5) is 31.0. The monoisotopic (exact) mass is 428 g/mol. The topological polar surface area (TPSA) is 71.6 Å². The molecule has 4 aromatic rings. The standard InChI is InChI=1S/C26H24N2O4/c1-17-8-7-9-18-14-20(25(29)27-24(17)18)16-28(21-10-5-4-6-11-21)26(30)19-12-13-22(31-2)23(15-19)32-3/h4-15H,16H2,1-3H3,(H,27,29). The number of hydrogen-bond acceptors (Lipinski definition) is 4. The molecule has 0 saturated heterocycles. The number of H-pyrrole nitrogens is 1. The van der Waals surface area contributed by atoms with Gasteiger partial charge in [-0.2, -0.15) is 0 Å². The van der Waals surface area contributed by atoms with Crippen LogP contribution in [0, 0.1) is 6.92 Å². The lowest BCUT2D eigenvalue weighted by Gasteiger charge is -2.23. The van der Waals surface area contributed by atoms with E-state index in [1.165, 1.54) is 7.11 Å². The van der Waals surface area contributed by atoms with Gasteiger partial charge >= 0.3 is 0 Å². The third kappa shape index (κ3) is 4.07. The zero-order valence-electron chi connectivity index (χ0n) is 18.2. The maximum absolute atomic E-state index is 13.6. The fourth-order valence-electron chi connectivity index (χ4n) is 3.73. The van der Waals surface area contributed by atoms with Gasteiger partial charge in [-0.25, -0.2) is 0 Å². The van der Waals surface area contributed by atoms with Crippen LogP contribution in [0.15, 0.2) is 77.6 Å². The number of fused-ring (bicyclic) bond motifs is 1. The number of pyridine rings is 1. The van der Waals surface area contributed by atoms with Crippen molar-refractivity contribution in [1.29, 1.82) is 0 Å². The SMILES string of the molecule is COc1ccc(C(=O)N(Cc2cc3cccc(C)c3[nH]c2=O)c2ccccc2)cc1OC. The van der Waals surface area contributed by atoms with Crippen LogP contribution in [0.1, 0.15) is 21.5 Å². The largest absolute Gasteiger partial charge is 0.493 e. The smallest absolute Gasteiger partial charge is 0.258 e. The number of aryl methyl sites for hydroxylation is 1. The van der Waals surface area contributed by atoms with Crippen molar-refractivity contribution in [2.75, 3.05) is 19.1 Å². The number of aromatic amines is 1. The van der Waals surface area contributed by atoms with Crippen molar-refractivity contribution in [1.82, 2.24) is 4.98 Å². The number of hydrogen-bond donors (Lipinski definition) is 1. The summed E-state index contributed by atoms with van der Waals surface area (Å²) in [7, 11) is 3.07. The molecule has 0 radical (unpaired) electrons. The Balaban J connectivity index is 1.77. The number of anilines is 1. The minimum Gasteiger partial charge on any atom is -0.493 e. The molecule has 1 heterocycles. The highest BCUT2D eigenvalue weighted by Gasteiger charge is 2.21. The lowest BCUT2D eigenvalue weighted by atomic mass is 10.1. The van der Waals surface area contributed by atoms with Crippen LogP contribution in [-0.2, 0) is 6.54 Å². The average Bonchev–Trinajstić information content (AvgIpc) is 2.83. The van der Waals surface area contributed by atoms with Gasteiger partial charge in [-0.1, -0.05) is 36.4 Å². The molecule has 6 nitrogen and oxygen atoms in total. The predicted octanol–water partition coefficient (Wildman–Crippen LogP) is 4.70. The Bertz CT molecular complexity index is 1330. The lowest BCUT2D eigenvalue weighted by Crippen LogP contribution is -2.33. The van der Waals surface area contributed by atoms with Gasteiger partial charge in [-0.15, -0.1) is 0 Å². The summed E-state index contributed by atoms with van der Waals surface area (Å²) in [6.07, 6.45) is 0. The molecular formula is C26H24N2O4. The summed E-state index contributed by atoms with van der Waals surface area (Å²) < 4.78 is 10.6. The van der Waals surface area contributed by atoms with Gasteiger partial charge in [0.25, 0.3) is 11.5 Å². The number of carbonyl (C=O) groups excluding carboxylic acids is 1. The number of rotatable bonds is 6. The number of aromatic nitrogens is 1. The lowest BCUT2D eigenvalue weighted by molar-refractivity contribution is 0.0984. The van der Waals surface area contributed by atoms with E-state index < -0.39 is 0 Å². The third-order valence-corrected chi connectivity index (χ3v) is 5.44. The van der Waals surface area contributed by atoms with E-state index in [0.717, 1.165) is 16.5 Å². The Morgan fingerprint density at radius 3 is 2.38 bits per heavy atom. The van der Waals surface area contributed by atoms with E-state index in [4.69, 9.17) is 9.47 Å². The molecule has 0 fully saturated rings. The highest BCUT2D eigenvalue weighted by molar-refractivity contribution is 6.06. The number of para-hydroxylation sites is 2. The van der Waals surface area contributed by atoms with Crippen molar-refractivity contribution in [3.05, 3.63) is 99.8 Å². The number of ether oxygens (including phenoxy) is 2. The molecule has 0 spiro atoms. The Hall–Kier alpha value is -4.06. The summed E-state index contributed by atoms with van der Waals surface area (Å²) in [5, 5.41) is 0.922. The van der Waals surface area contributed by atoms with E-state index in [9.17, 15) is 9.59 Å². The number of methoxy groups -OCH3 is 2. The van der Waals surface area contributed by atoms with Crippen molar-refractivity contribution in [2.24, 2.45) is 0 Å². The maximum atomic E-state index is 13.6. The minimum absolute atomic E-state index is 0.121. The van der Waals surface area contributed by atoms with Crippen LogP contribution in [0.2, 0.25) is 0 Å². The molecule has 4 rings (SSSR count). The molecule has 162 valence electrons. The van der Waals surface area contributed by atoms with Gasteiger partial charge in [0, 0.05) is 16.8 Å². The van der Waals surface area contributed by atoms with E-state index in [-0.39, 0.29) is 18.0 Å². The number of nitrogens with zero attached hydrogens (tertiary/aromatic N) is 1. The fourth-order valence-corrected chi connectivity index (χ4v) is 3.73. The number of amides is 1. The fraction of sp³-hybridized carbons (Fsp3) is 0.154. The van der Waals surface area contributed by atoms with Crippen molar-refractivity contribution < 1.29 is 14.3 Å². The molecule has 0 atom stereocenters. The molecule has 6 heteroatoms. The quantitative estimate of drug-likeness (QED) is 0.483. The highest BCUT2D eigenvalue weighted by atomic mass is 16.5. The van der Waals surface area contributed by atoms with Gasteiger partial charge < -0.3 is 19.4 Å². The number of carbonyl (C=O) groups is 1. The summed E-state index contributed by atoms with van der Waals surface area (Å²) in [5.41, 5.74) is 3.20. The Morgan fingerprint density at radius 1 is 0.906 bits per heavy atom. The molecule has 0 bridgehead atoms. The van der Waals surface area contributed by atoms with E-state index in [1.54, 1.807) is 30.2 Å². The third-order valence-electron chi connectivity index (χ3n) is 5.44. The first-order chi connectivity index (χ1) is 15.5. The Labute approximate surface area is 186 Å². The molecule has 0 aliphatic heterocycles. The summed E-state index contributed by atoms with van der Waals surface area (Å²) in [6.45, 7) is 2.07. The molecule has 1 amide bonds. The summed E-state index contributed by atoms with van der Waals surface area (Å²) >= 11 is 0. The zero-order valence-corrected chi connectivity index (χ0v) is 18.2. The van der Waals surface area contributed by atoms with E-state index in [0.29, 0.717) is 28.3 Å². The van der Waals surface area contributed by atoms with Crippen LogP contribution in [0.25, 0.3) is 10.9 Å². The van der Waals surface area contributed by atoms with Crippen molar-refractivity contribution in [2.45, 2.75) is 13.5 Å². The minimum atomic E-state index is -0.249. The molecule has 0 saturated carbocycles.